The highest BCUT2D eigenvalue weighted by molar-refractivity contribution is 9.09. The number of hydrogen-bond acceptors (Lipinski definition) is 5. The minimum atomic E-state index is -4.46. The number of nitrogens with zero attached hydrogens (tertiary/aromatic N) is 2. The minimum Gasteiger partial charge on any atom is -0.481 e. The second-order valence-electron chi connectivity index (χ2n) is 5.49. The molecule has 0 aliphatic heterocycles. The number of alkyl halides is 7. The monoisotopic (exact) mass is 516 g/mol. The third-order valence-electron chi connectivity index (χ3n) is 2.96. The van der Waals surface area contributed by atoms with Crippen molar-refractivity contribution in [2.75, 3.05) is 5.33 Å². The summed E-state index contributed by atoms with van der Waals surface area (Å²) < 4.78 is 72.1. The van der Waals surface area contributed by atoms with Gasteiger partial charge in [-0.15, -0.1) is 0 Å². The lowest BCUT2D eigenvalue weighted by molar-refractivity contribution is -0.142. The molecule has 170 valence electrons. The third kappa shape index (κ3) is 11.2. The van der Waals surface area contributed by atoms with Crippen molar-refractivity contribution < 1.29 is 45.8 Å². The normalized spacial score (nSPS) is 10.7. The largest absolute Gasteiger partial charge is 0.481 e. The van der Waals surface area contributed by atoms with E-state index in [0.29, 0.717) is 0 Å². The van der Waals surface area contributed by atoms with E-state index in [9.17, 15) is 35.9 Å². The Morgan fingerprint density at radius 2 is 1.19 bits per heavy atom. The first-order chi connectivity index (χ1) is 14.1. The Balaban J connectivity index is 0.000000497. The number of carbonyl (C=O) groups excluding carboxylic acids is 2. The van der Waals surface area contributed by atoms with Gasteiger partial charge in [0.1, 0.15) is 11.4 Å². The Bertz CT molecular complexity index is 878. The summed E-state index contributed by atoms with van der Waals surface area (Å²) in [4.78, 5) is 37.0. The van der Waals surface area contributed by atoms with Gasteiger partial charge in [-0.25, -0.2) is 0 Å². The topological polar surface area (TPSA) is 97.2 Å². The van der Waals surface area contributed by atoms with Crippen molar-refractivity contribution in [3.8, 4) is 0 Å². The Morgan fingerprint density at radius 1 is 0.839 bits per heavy atom. The average molecular weight is 517 g/mol. The van der Waals surface area contributed by atoms with Crippen molar-refractivity contribution in [2.45, 2.75) is 26.2 Å². The van der Waals surface area contributed by atoms with Gasteiger partial charge in [0.25, 0.3) is 5.97 Å². The zero-order valence-corrected chi connectivity index (χ0v) is 17.5. The van der Waals surface area contributed by atoms with E-state index in [-0.39, 0.29) is 28.0 Å². The zero-order valence-electron chi connectivity index (χ0n) is 15.9. The fourth-order valence-electron chi connectivity index (χ4n) is 1.57. The summed E-state index contributed by atoms with van der Waals surface area (Å²) in [5.41, 5.74) is -1.65. The van der Waals surface area contributed by atoms with Crippen LogP contribution in [-0.2, 0) is 17.1 Å². The highest BCUT2D eigenvalue weighted by atomic mass is 79.9. The van der Waals surface area contributed by atoms with E-state index >= 15 is 0 Å². The van der Waals surface area contributed by atoms with Crippen LogP contribution in [-0.4, -0.2) is 37.9 Å². The average Bonchev–Trinajstić information content (AvgIpc) is 2.66. The number of ketones is 2. The van der Waals surface area contributed by atoms with Crippen LogP contribution in [0, 0.1) is 0 Å². The van der Waals surface area contributed by atoms with E-state index in [0.717, 1.165) is 43.6 Å². The van der Waals surface area contributed by atoms with Gasteiger partial charge in [0, 0.05) is 30.4 Å². The predicted molar refractivity (Wildman–Crippen MR) is 99.9 cm³/mol. The smallest absolute Gasteiger partial charge is 0.433 e. The van der Waals surface area contributed by atoms with Crippen LogP contribution in [0.25, 0.3) is 0 Å². The number of aliphatic carboxylic acids is 1. The van der Waals surface area contributed by atoms with Gasteiger partial charge in [-0.3, -0.25) is 24.4 Å². The number of rotatable bonds is 3. The molecular formula is C18H15BrF6N2O4. The molecule has 31 heavy (non-hydrogen) atoms. The van der Waals surface area contributed by atoms with Gasteiger partial charge < -0.3 is 5.11 Å². The molecule has 0 radical (unpaired) electrons. The van der Waals surface area contributed by atoms with E-state index in [1.165, 1.54) is 6.92 Å². The van der Waals surface area contributed by atoms with Gasteiger partial charge in [-0.1, -0.05) is 15.9 Å². The molecule has 0 spiro atoms. The molecule has 0 amide bonds. The summed E-state index contributed by atoms with van der Waals surface area (Å²) >= 11 is 2.91. The van der Waals surface area contributed by atoms with Crippen LogP contribution in [0.1, 0.15) is 46.0 Å². The molecule has 6 nitrogen and oxygen atoms in total. The fraction of sp³-hybridized carbons (Fsp3) is 0.278. The van der Waals surface area contributed by atoms with Gasteiger partial charge in [0.2, 0.25) is 0 Å². The molecule has 2 aromatic heterocycles. The zero-order chi connectivity index (χ0) is 24.4. The number of hydrogen-bond donors (Lipinski definition) is 1. The number of carboxylic acids is 1. The first-order valence-electron chi connectivity index (χ1n) is 7.95. The van der Waals surface area contributed by atoms with Crippen LogP contribution in [0.3, 0.4) is 0 Å². The van der Waals surface area contributed by atoms with Crippen molar-refractivity contribution in [2.24, 2.45) is 0 Å². The van der Waals surface area contributed by atoms with Crippen LogP contribution in [0.2, 0.25) is 0 Å². The Kier molecular flexibility index (Phi) is 11.0. The predicted octanol–water partition coefficient (Wildman–Crippen LogP) is 5.07. The van der Waals surface area contributed by atoms with Gasteiger partial charge >= 0.3 is 12.4 Å². The molecule has 1 N–H and O–H groups in total. The maximum atomic E-state index is 12.0. The van der Waals surface area contributed by atoms with Crippen molar-refractivity contribution in [3.05, 3.63) is 59.2 Å². The van der Waals surface area contributed by atoms with Crippen molar-refractivity contribution in [1.82, 2.24) is 9.97 Å². The summed E-state index contributed by atoms with van der Waals surface area (Å²) in [7, 11) is 0. The number of carbonyl (C=O) groups is 3. The summed E-state index contributed by atoms with van der Waals surface area (Å²) in [5.74, 6) is -1.44. The molecule has 0 aromatic carbocycles. The highest BCUT2D eigenvalue weighted by Gasteiger charge is 2.32. The summed E-state index contributed by atoms with van der Waals surface area (Å²) in [6.45, 7) is 2.35. The molecule has 2 heterocycles. The van der Waals surface area contributed by atoms with Gasteiger partial charge in [0.15, 0.2) is 11.6 Å². The third-order valence-corrected chi connectivity index (χ3v) is 3.47. The molecule has 2 aromatic rings. The van der Waals surface area contributed by atoms with Crippen molar-refractivity contribution >= 4 is 33.5 Å². The molecule has 0 fully saturated rings. The van der Waals surface area contributed by atoms with Crippen LogP contribution in [0.4, 0.5) is 26.3 Å². The number of Topliss-reactive ketones (excluding diaryl/α,β-unsaturated/α-hetero) is 2. The molecule has 0 saturated heterocycles. The first kappa shape index (κ1) is 28.2. The van der Waals surface area contributed by atoms with E-state index in [2.05, 4.69) is 25.9 Å². The summed E-state index contributed by atoms with van der Waals surface area (Å²) in [6, 6.07) is 3.80. The SMILES string of the molecule is CC(=O)O.CC(=O)c1ccc(C(F)(F)F)nc1.O=C(CBr)c1ccc(C(F)(F)F)nc1. The number of halogens is 7. The minimum absolute atomic E-state index is 0.0695. The second kappa shape index (κ2) is 12.1. The van der Waals surface area contributed by atoms with E-state index in [1.807, 2.05) is 0 Å². The lowest BCUT2D eigenvalue weighted by Crippen LogP contribution is -2.09. The van der Waals surface area contributed by atoms with E-state index < -0.39 is 29.7 Å². The fourth-order valence-corrected chi connectivity index (χ4v) is 1.90. The molecule has 0 aliphatic carbocycles. The van der Waals surface area contributed by atoms with Crippen LogP contribution in [0.5, 0.6) is 0 Å². The lowest BCUT2D eigenvalue weighted by atomic mass is 10.2. The molecule has 0 saturated carbocycles. The van der Waals surface area contributed by atoms with Crippen LogP contribution < -0.4 is 0 Å². The Morgan fingerprint density at radius 3 is 1.42 bits per heavy atom. The van der Waals surface area contributed by atoms with Gasteiger partial charge in [-0.05, 0) is 31.2 Å². The van der Waals surface area contributed by atoms with Crippen molar-refractivity contribution in [3.63, 3.8) is 0 Å². The molecular weight excluding hydrogens is 502 g/mol. The maximum Gasteiger partial charge on any atom is 0.433 e. The lowest BCUT2D eigenvalue weighted by Gasteiger charge is -2.05. The Labute approximate surface area is 180 Å². The number of aromatic nitrogens is 2. The Hall–Kier alpha value is -2.83. The number of carboxylic acid groups (broad SMARTS) is 1. The summed E-state index contributed by atoms with van der Waals surface area (Å²) in [6.07, 6.45) is -7.07. The molecule has 0 aliphatic rings. The summed E-state index contributed by atoms with van der Waals surface area (Å²) in [5, 5.41) is 7.49. The second-order valence-corrected chi connectivity index (χ2v) is 6.05. The molecule has 2 rings (SSSR count). The van der Waals surface area contributed by atoms with Crippen LogP contribution in [0.15, 0.2) is 36.7 Å². The highest BCUT2D eigenvalue weighted by Crippen LogP contribution is 2.28. The maximum absolute atomic E-state index is 12.0. The molecule has 0 atom stereocenters. The van der Waals surface area contributed by atoms with E-state index in [4.69, 9.17) is 9.90 Å². The van der Waals surface area contributed by atoms with Gasteiger partial charge in [-0.2, -0.15) is 26.3 Å². The quantitative estimate of drug-likeness (QED) is 0.347. The van der Waals surface area contributed by atoms with Crippen molar-refractivity contribution in [1.29, 1.82) is 0 Å². The standard InChI is InChI=1S/C8H5BrF3NO.C8H6F3NO.C2H4O2/c9-3-6(14)5-1-2-7(13-4-5)8(10,11)12;1-5(13)6-2-3-7(12-4-6)8(9,10)11;1-2(3)4/h1-2,4H,3H2;2-4H,1H3;1H3,(H,3,4). The molecule has 13 heteroatoms. The van der Waals surface area contributed by atoms with E-state index in [1.54, 1.807) is 0 Å². The number of pyridine rings is 2. The van der Waals surface area contributed by atoms with Crippen LogP contribution >= 0.6 is 15.9 Å². The van der Waals surface area contributed by atoms with Gasteiger partial charge in [0.05, 0.1) is 5.33 Å². The first-order valence-corrected chi connectivity index (χ1v) is 9.07. The molecule has 0 unspecified atom stereocenters. The molecule has 0 bridgehead atoms.